The van der Waals surface area contributed by atoms with E-state index in [9.17, 15) is 0 Å². The molecule has 0 aromatic carbocycles. The van der Waals surface area contributed by atoms with Crippen molar-refractivity contribution in [1.82, 2.24) is 10.3 Å². The average molecular weight is 217 g/mol. The van der Waals surface area contributed by atoms with Gasteiger partial charge in [-0.3, -0.25) is 0 Å². The van der Waals surface area contributed by atoms with Crippen molar-refractivity contribution in [2.45, 2.75) is 12.3 Å². The van der Waals surface area contributed by atoms with Gasteiger partial charge in [-0.15, -0.1) is 0 Å². The van der Waals surface area contributed by atoms with E-state index in [1.54, 1.807) is 0 Å². The van der Waals surface area contributed by atoms with E-state index in [0.717, 1.165) is 19.5 Å². The summed E-state index contributed by atoms with van der Waals surface area (Å²) in [7, 11) is 0. The summed E-state index contributed by atoms with van der Waals surface area (Å²) in [5.41, 5.74) is 1.18. The molecule has 0 bridgehead atoms. The molecule has 0 aliphatic carbocycles. The molecule has 0 saturated carbocycles. The van der Waals surface area contributed by atoms with Crippen molar-refractivity contribution in [3.05, 3.63) is 28.0 Å². The minimum absolute atomic E-state index is 0.386. The monoisotopic (exact) mass is 216 g/mol. The number of aromatic nitrogens is 1. The Labute approximate surface area is 87.3 Å². The molecule has 1 aliphatic rings. The number of halogens is 2. The third-order valence-corrected chi connectivity index (χ3v) is 3.04. The third kappa shape index (κ3) is 1.96. The topological polar surface area (TPSA) is 24.9 Å². The largest absolute Gasteiger partial charge is 0.316 e. The van der Waals surface area contributed by atoms with Gasteiger partial charge in [0.25, 0.3) is 0 Å². The smallest absolute Gasteiger partial charge is 0.147 e. The maximum Gasteiger partial charge on any atom is 0.147 e. The summed E-state index contributed by atoms with van der Waals surface area (Å²) in [5.74, 6) is 0.544. The van der Waals surface area contributed by atoms with Crippen LogP contribution >= 0.6 is 23.2 Å². The van der Waals surface area contributed by atoms with Crippen molar-refractivity contribution in [3.63, 3.8) is 0 Å². The first kappa shape index (κ1) is 9.25. The molecule has 1 saturated heterocycles. The lowest BCUT2D eigenvalue weighted by Gasteiger charge is -2.08. The lowest BCUT2D eigenvalue weighted by Crippen LogP contribution is -2.08. The van der Waals surface area contributed by atoms with Crippen molar-refractivity contribution in [1.29, 1.82) is 0 Å². The molecule has 13 heavy (non-hydrogen) atoms. The second-order valence-electron chi connectivity index (χ2n) is 3.23. The zero-order chi connectivity index (χ0) is 9.26. The SMILES string of the molecule is Clc1cc(C2CCNC2)cnc1Cl. The minimum Gasteiger partial charge on any atom is -0.316 e. The summed E-state index contributed by atoms with van der Waals surface area (Å²) in [6.45, 7) is 2.09. The number of rotatable bonds is 1. The van der Waals surface area contributed by atoms with Crippen LogP contribution < -0.4 is 5.32 Å². The van der Waals surface area contributed by atoms with Crippen LogP contribution in [0.2, 0.25) is 10.2 Å². The Bertz CT molecular complexity index is 308. The molecule has 2 rings (SSSR count). The lowest BCUT2D eigenvalue weighted by molar-refractivity contribution is 0.759. The molecule has 1 atom stereocenters. The van der Waals surface area contributed by atoms with Crippen LogP contribution in [-0.4, -0.2) is 18.1 Å². The van der Waals surface area contributed by atoms with Crippen LogP contribution in [0.4, 0.5) is 0 Å². The van der Waals surface area contributed by atoms with E-state index in [0.29, 0.717) is 16.1 Å². The zero-order valence-corrected chi connectivity index (χ0v) is 8.57. The highest BCUT2D eigenvalue weighted by atomic mass is 35.5. The number of nitrogens with one attached hydrogen (secondary N) is 1. The normalized spacial score (nSPS) is 22.2. The van der Waals surface area contributed by atoms with E-state index in [1.807, 2.05) is 12.3 Å². The van der Waals surface area contributed by atoms with Crippen LogP contribution in [0, 0.1) is 0 Å². The van der Waals surface area contributed by atoms with E-state index in [2.05, 4.69) is 10.3 Å². The van der Waals surface area contributed by atoms with Crippen LogP contribution in [0.15, 0.2) is 12.3 Å². The van der Waals surface area contributed by atoms with E-state index in [1.165, 1.54) is 5.56 Å². The maximum absolute atomic E-state index is 5.88. The van der Waals surface area contributed by atoms with Crippen molar-refractivity contribution < 1.29 is 0 Å². The summed E-state index contributed by atoms with van der Waals surface area (Å²) < 4.78 is 0. The average Bonchev–Trinajstić information content (AvgIpc) is 2.62. The van der Waals surface area contributed by atoms with Crippen LogP contribution in [0.3, 0.4) is 0 Å². The Morgan fingerprint density at radius 1 is 1.46 bits per heavy atom. The highest BCUT2D eigenvalue weighted by Gasteiger charge is 2.17. The Morgan fingerprint density at radius 3 is 2.92 bits per heavy atom. The lowest BCUT2D eigenvalue weighted by atomic mass is 10.0. The Kier molecular flexibility index (Phi) is 2.72. The molecule has 1 aliphatic heterocycles. The second kappa shape index (κ2) is 3.82. The van der Waals surface area contributed by atoms with E-state index >= 15 is 0 Å². The molecule has 1 N–H and O–H groups in total. The summed E-state index contributed by atoms with van der Waals surface area (Å²) in [6, 6.07) is 1.91. The van der Waals surface area contributed by atoms with Crippen LogP contribution in [0.25, 0.3) is 0 Å². The van der Waals surface area contributed by atoms with Gasteiger partial charge in [-0.25, -0.2) is 4.98 Å². The van der Waals surface area contributed by atoms with Gasteiger partial charge >= 0.3 is 0 Å². The van der Waals surface area contributed by atoms with Gasteiger partial charge < -0.3 is 5.32 Å². The molecule has 1 aromatic rings. The maximum atomic E-state index is 5.88. The number of pyridine rings is 1. The first-order chi connectivity index (χ1) is 6.27. The number of nitrogens with zero attached hydrogens (tertiary/aromatic N) is 1. The Hall–Kier alpha value is -0.310. The summed E-state index contributed by atoms with van der Waals surface area (Å²) in [4.78, 5) is 4.03. The fraction of sp³-hybridized carbons (Fsp3) is 0.444. The van der Waals surface area contributed by atoms with Crippen LogP contribution in [0.5, 0.6) is 0 Å². The van der Waals surface area contributed by atoms with Gasteiger partial charge in [-0.05, 0) is 30.5 Å². The molecule has 1 unspecified atom stereocenters. The predicted molar refractivity (Wildman–Crippen MR) is 54.5 cm³/mol. The molecule has 0 spiro atoms. The van der Waals surface area contributed by atoms with Gasteiger partial charge in [-0.2, -0.15) is 0 Å². The molecular weight excluding hydrogens is 207 g/mol. The van der Waals surface area contributed by atoms with Crippen LogP contribution in [-0.2, 0) is 0 Å². The predicted octanol–water partition coefficient (Wildman–Crippen LogP) is 2.47. The van der Waals surface area contributed by atoms with Crippen LogP contribution in [0.1, 0.15) is 17.9 Å². The molecule has 1 aromatic heterocycles. The van der Waals surface area contributed by atoms with Gasteiger partial charge in [0.15, 0.2) is 0 Å². The fourth-order valence-corrected chi connectivity index (χ4v) is 1.88. The van der Waals surface area contributed by atoms with Gasteiger partial charge in [-0.1, -0.05) is 23.2 Å². The van der Waals surface area contributed by atoms with Crippen molar-refractivity contribution in [3.8, 4) is 0 Å². The first-order valence-corrected chi connectivity index (χ1v) is 5.04. The molecular formula is C9H10Cl2N2. The fourth-order valence-electron chi connectivity index (χ4n) is 1.60. The van der Waals surface area contributed by atoms with Crippen molar-refractivity contribution >= 4 is 23.2 Å². The second-order valence-corrected chi connectivity index (χ2v) is 4.00. The minimum atomic E-state index is 0.386. The van der Waals surface area contributed by atoms with Gasteiger partial charge in [0.05, 0.1) is 5.02 Å². The third-order valence-electron chi connectivity index (χ3n) is 2.35. The quantitative estimate of drug-likeness (QED) is 0.731. The molecule has 2 nitrogen and oxygen atoms in total. The Morgan fingerprint density at radius 2 is 2.31 bits per heavy atom. The van der Waals surface area contributed by atoms with E-state index in [4.69, 9.17) is 23.2 Å². The standard InChI is InChI=1S/C9H10Cl2N2/c10-8-3-7(5-13-9(8)11)6-1-2-12-4-6/h3,5-6,12H,1-2,4H2. The molecule has 2 heterocycles. The molecule has 4 heteroatoms. The zero-order valence-electron chi connectivity index (χ0n) is 7.06. The van der Waals surface area contributed by atoms with Gasteiger partial charge in [0.1, 0.15) is 5.15 Å². The molecule has 0 radical (unpaired) electrons. The molecule has 70 valence electrons. The molecule has 1 fully saturated rings. The van der Waals surface area contributed by atoms with Crippen molar-refractivity contribution in [2.75, 3.05) is 13.1 Å². The van der Waals surface area contributed by atoms with Gasteiger partial charge in [0, 0.05) is 12.7 Å². The molecule has 0 amide bonds. The van der Waals surface area contributed by atoms with Crippen molar-refractivity contribution in [2.24, 2.45) is 0 Å². The summed E-state index contributed by atoms with van der Waals surface area (Å²) in [6.07, 6.45) is 2.96. The summed E-state index contributed by atoms with van der Waals surface area (Å²) in [5, 5.41) is 4.23. The highest BCUT2D eigenvalue weighted by Crippen LogP contribution is 2.27. The highest BCUT2D eigenvalue weighted by molar-refractivity contribution is 6.41. The van der Waals surface area contributed by atoms with E-state index < -0.39 is 0 Å². The van der Waals surface area contributed by atoms with E-state index in [-0.39, 0.29) is 0 Å². The number of hydrogen-bond acceptors (Lipinski definition) is 2. The summed E-state index contributed by atoms with van der Waals surface area (Å²) >= 11 is 11.6. The Balaban J connectivity index is 2.25. The van der Waals surface area contributed by atoms with Gasteiger partial charge in [0.2, 0.25) is 0 Å². The first-order valence-electron chi connectivity index (χ1n) is 4.29. The number of hydrogen-bond donors (Lipinski definition) is 1.